The highest BCUT2D eigenvalue weighted by atomic mass is 28.3. The van der Waals surface area contributed by atoms with E-state index in [1.165, 1.54) is 18.2 Å². The van der Waals surface area contributed by atoms with Crippen LogP contribution in [-0.2, 0) is 4.43 Å². The van der Waals surface area contributed by atoms with Crippen LogP contribution in [0.4, 0.5) is 8.78 Å². The zero-order chi connectivity index (χ0) is 12.1. The second-order valence-corrected chi connectivity index (χ2v) is 6.20. The van der Waals surface area contributed by atoms with Crippen molar-refractivity contribution < 1.29 is 13.2 Å². The molecule has 1 aromatic rings. The Labute approximate surface area is 96.5 Å². The number of rotatable bonds is 5. The van der Waals surface area contributed by atoms with E-state index < -0.39 is 26.8 Å². The number of hydrogen-bond acceptors (Lipinski definition) is 1. The van der Waals surface area contributed by atoms with Crippen LogP contribution in [-0.4, -0.2) is 9.04 Å². The standard InChI is InChI=1S/C12H16F2OSi/c1-4-6-11(15-16(2)3)12-9(13)7-5-8-10(12)14/h4-5,7-8,11,16H,1,6H2,2-3H3. The van der Waals surface area contributed by atoms with Gasteiger partial charge in [-0.15, -0.1) is 6.58 Å². The lowest BCUT2D eigenvalue weighted by Gasteiger charge is -2.20. The van der Waals surface area contributed by atoms with Gasteiger partial charge in [-0.05, 0) is 31.6 Å². The van der Waals surface area contributed by atoms with Gasteiger partial charge in [-0.25, -0.2) is 8.78 Å². The largest absolute Gasteiger partial charge is 0.413 e. The Hall–Kier alpha value is -1.00. The number of halogens is 2. The van der Waals surface area contributed by atoms with Gasteiger partial charge in [-0.2, -0.15) is 0 Å². The summed E-state index contributed by atoms with van der Waals surface area (Å²) in [7, 11) is -1.35. The minimum atomic E-state index is -1.35. The first kappa shape index (κ1) is 13.1. The van der Waals surface area contributed by atoms with E-state index in [2.05, 4.69) is 6.58 Å². The van der Waals surface area contributed by atoms with Crippen LogP contribution in [0.5, 0.6) is 0 Å². The Balaban J connectivity index is 3.04. The molecule has 0 saturated carbocycles. The molecule has 0 fully saturated rings. The second kappa shape index (κ2) is 5.91. The van der Waals surface area contributed by atoms with Crippen molar-refractivity contribution in [2.24, 2.45) is 0 Å². The topological polar surface area (TPSA) is 9.23 Å². The zero-order valence-electron chi connectivity index (χ0n) is 9.54. The molecular weight excluding hydrogens is 226 g/mol. The van der Waals surface area contributed by atoms with Crippen molar-refractivity contribution in [3.8, 4) is 0 Å². The zero-order valence-corrected chi connectivity index (χ0v) is 10.7. The Bertz CT molecular complexity index is 346. The number of hydrogen-bond donors (Lipinski definition) is 0. The Morgan fingerprint density at radius 1 is 1.38 bits per heavy atom. The highest BCUT2D eigenvalue weighted by molar-refractivity contribution is 6.48. The predicted octanol–water partition coefficient (Wildman–Crippen LogP) is 3.58. The summed E-state index contributed by atoms with van der Waals surface area (Å²) in [5.41, 5.74) is 0.0172. The van der Waals surface area contributed by atoms with Crippen molar-refractivity contribution in [3.05, 3.63) is 48.1 Å². The molecule has 1 unspecified atom stereocenters. The van der Waals surface area contributed by atoms with E-state index in [4.69, 9.17) is 4.43 Å². The lowest BCUT2D eigenvalue weighted by molar-refractivity contribution is 0.201. The summed E-state index contributed by atoms with van der Waals surface area (Å²) in [6.07, 6.45) is 1.49. The predicted molar refractivity (Wildman–Crippen MR) is 63.9 cm³/mol. The molecule has 0 aliphatic heterocycles. The first-order valence-electron chi connectivity index (χ1n) is 5.26. The third-order valence-corrected chi connectivity index (χ3v) is 3.01. The van der Waals surface area contributed by atoms with E-state index in [1.807, 2.05) is 13.1 Å². The molecule has 0 aliphatic rings. The fraction of sp³-hybridized carbons (Fsp3) is 0.333. The molecule has 0 aliphatic carbocycles. The van der Waals surface area contributed by atoms with E-state index in [0.717, 1.165) is 0 Å². The Morgan fingerprint density at radius 2 is 1.94 bits per heavy atom. The molecule has 0 amide bonds. The molecule has 0 N–H and O–H groups in total. The third-order valence-electron chi connectivity index (χ3n) is 2.14. The summed E-state index contributed by atoms with van der Waals surface area (Å²) in [6.45, 7) is 7.52. The van der Waals surface area contributed by atoms with Gasteiger partial charge < -0.3 is 4.43 Å². The third kappa shape index (κ3) is 3.25. The molecule has 16 heavy (non-hydrogen) atoms. The maximum Gasteiger partial charge on any atom is 0.171 e. The Morgan fingerprint density at radius 3 is 2.38 bits per heavy atom. The van der Waals surface area contributed by atoms with Crippen LogP contribution >= 0.6 is 0 Å². The molecule has 1 aromatic carbocycles. The molecule has 0 radical (unpaired) electrons. The van der Waals surface area contributed by atoms with Gasteiger partial charge >= 0.3 is 0 Å². The first-order chi connectivity index (χ1) is 7.56. The van der Waals surface area contributed by atoms with Crippen molar-refractivity contribution in [2.75, 3.05) is 0 Å². The van der Waals surface area contributed by atoms with Gasteiger partial charge in [0.15, 0.2) is 9.04 Å². The Kier molecular flexibility index (Phi) is 4.83. The lowest BCUT2D eigenvalue weighted by Crippen LogP contribution is -2.16. The summed E-state index contributed by atoms with van der Waals surface area (Å²) in [6, 6.07) is 3.85. The van der Waals surface area contributed by atoms with Crippen molar-refractivity contribution >= 4 is 9.04 Å². The highest BCUT2D eigenvalue weighted by Gasteiger charge is 2.20. The van der Waals surface area contributed by atoms with Gasteiger partial charge in [-0.3, -0.25) is 0 Å². The van der Waals surface area contributed by atoms with Crippen LogP contribution in [0.25, 0.3) is 0 Å². The van der Waals surface area contributed by atoms with Gasteiger partial charge in [0.05, 0.1) is 11.7 Å². The molecular formula is C12H16F2OSi. The van der Waals surface area contributed by atoms with Crippen LogP contribution < -0.4 is 0 Å². The van der Waals surface area contributed by atoms with Crippen LogP contribution in [0.1, 0.15) is 18.1 Å². The fourth-order valence-corrected chi connectivity index (χ4v) is 2.44. The van der Waals surface area contributed by atoms with Crippen LogP contribution in [0.15, 0.2) is 30.9 Å². The summed E-state index contributed by atoms with van der Waals surface area (Å²) in [5.74, 6) is -1.11. The molecule has 1 atom stereocenters. The molecule has 0 bridgehead atoms. The van der Waals surface area contributed by atoms with E-state index in [0.29, 0.717) is 6.42 Å². The average molecular weight is 242 g/mol. The minimum Gasteiger partial charge on any atom is -0.413 e. The molecule has 0 spiro atoms. The van der Waals surface area contributed by atoms with E-state index in [1.54, 1.807) is 6.08 Å². The molecule has 1 rings (SSSR count). The summed E-state index contributed by atoms with van der Waals surface area (Å²) in [5, 5.41) is 0. The highest BCUT2D eigenvalue weighted by Crippen LogP contribution is 2.27. The van der Waals surface area contributed by atoms with Crippen LogP contribution in [0.2, 0.25) is 13.1 Å². The van der Waals surface area contributed by atoms with Gasteiger partial charge in [0.1, 0.15) is 11.6 Å². The maximum absolute atomic E-state index is 13.5. The molecule has 0 heterocycles. The van der Waals surface area contributed by atoms with E-state index in [9.17, 15) is 8.78 Å². The summed E-state index contributed by atoms with van der Waals surface area (Å²) in [4.78, 5) is 0. The molecule has 88 valence electrons. The monoisotopic (exact) mass is 242 g/mol. The second-order valence-electron chi connectivity index (χ2n) is 3.83. The van der Waals surface area contributed by atoms with E-state index in [-0.39, 0.29) is 5.56 Å². The SMILES string of the molecule is C=CCC(O[SiH](C)C)c1c(F)cccc1F. The van der Waals surface area contributed by atoms with E-state index >= 15 is 0 Å². The smallest absolute Gasteiger partial charge is 0.171 e. The quantitative estimate of drug-likeness (QED) is 0.566. The van der Waals surface area contributed by atoms with Crippen molar-refractivity contribution in [1.29, 1.82) is 0 Å². The van der Waals surface area contributed by atoms with Crippen molar-refractivity contribution in [1.82, 2.24) is 0 Å². The molecule has 1 nitrogen and oxygen atoms in total. The first-order valence-corrected chi connectivity index (χ1v) is 8.04. The van der Waals surface area contributed by atoms with Gasteiger partial charge in [0, 0.05) is 0 Å². The van der Waals surface area contributed by atoms with Crippen molar-refractivity contribution in [2.45, 2.75) is 25.6 Å². The molecule has 0 saturated heterocycles. The summed E-state index contributed by atoms with van der Waals surface area (Å²) >= 11 is 0. The lowest BCUT2D eigenvalue weighted by atomic mass is 10.1. The molecule has 4 heteroatoms. The average Bonchev–Trinajstić information content (AvgIpc) is 2.16. The van der Waals surface area contributed by atoms with Crippen molar-refractivity contribution in [3.63, 3.8) is 0 Å². The normalized spacial score (nSPS) is 12.8. The minimum absolute atomic E-state index is 0.0172. The molecule has 0 aromatic heterocycles. The fourth-order valence-electron chi connectivity index (χ4n) is 1.54. The van der Waals surface area contributed by atoms with Crippen LogP contribution in [0.3, 0.4) is 0 Å². The van der Waals surface area contributed by atoms with Crippen LogP contribution in [0, 0.1) is 11.6 Å². The van der Waals surface area contributed by atoms with Gasteiger partial charge in [-0.1, -0.05) is 12.1 Å². The van der Waals surface area contributed by atoms with Gasteiger partial charge in [0.25, 0.3) is 0 Å². The summed E-state index contributed by atoms with van der Waals surface area (Å²) < 4.78 is 32.7. The maximum atomic E-state index is 13.5. The van der Waals surface area contributed by atoms with Gasteiger partial charge in [0.2, 0.25) is 0 Å². The number of benzene rings is 1.